The highest BCUT2D eigenvalue weighted by Crippen LogP contribution is 2.35. The molecule has 0 bridgehead atoms. The van der Waals surface area contributed by atoms with Gasteiger partial charge in [-0.2, -0.15) is 0 Å². The summed E-state index contributed by atoms with van der Waals surface area (Å²) in [5.41, 5.74) is 2.55. The Morgan fingerprint density at radius 2 is 1.74 bits per heavy atom. The van der Waals surface area contributed by atoms with Crippen molar-refractivity contribution in [1.82, 2.24) is 0 Å². The SMILES string of the molecule is COc1cc(NC(=O)CNc2ccc(C)cc2)c(OC)cc1Cl. The molecule has 122 valence electrons. The Balaban J connectivity index is 2.03. The van der Waals surface area contributed by atoms with Gasteiger partial charge in [0.2, 0.25) is 5.91 Å². The summed E-state index contributed by atoms with van der Waals surface area (Å²) >= 11 is 6.04. The predicted octanol–water partition coefficient (Wildman–Crippen LogP) is 3.72. The molecule has 0 fully saturated rings. The fourth-order valence-corrected chi connectivity index (χ4v) is 2.24. The molecule has 2 N–H and O–H groups in total. The summed E-state index contributed by atoms with van der Waals surface area (Å²) in [5.74, 6) is 0.738. The molecule has 0 unspecified atom stereocenters. The van der Waals surface area contributed by atoms with Crippen molar-refractivity contribution in [3.8, 4) is 11.5 Å². The third-order valence-corrected chi connectivity index (χ3v) is 3.55. The van der Waals surface area contributed by atoms with E-state index in [1.165, 1.54) is 14.2 Å². The number of aryl methyl sites for hydroxylation is 1. The average Bonchev–Trinajstić information content (AvgIpc) is 2.55. The molecule has 0 aliphatic heterocycles. The Bertz CT molecular complexity index is 687. The second-order valence-electron chi connectivity index (χ2n) is 4.95. The lowest BCUT2D eigenvalue weighted by atomic mass is 10.2. The molecule has 2 aromatic carbocycles. The van der Waals surface area contributed by atoms with Crippen LogP contribution in [0.3, 0.4) is 0 Å². The number of anilines is 2. The molecule has 2 rings (SSSR count). The van der Waals surface area contributed by atoms with E-state index in [1.54, 1.807) is 12.1 Å². The van der Waals surface area contributed by atoms with Gasteiger partial charge in [0.15, 0.2) is 0 Å². The molecular weight excluding hydrogens is 316 g/mol. The Labute approximate surface area is 140 Å². The molecule has 0 aromatic heterocycles. The standard InChI is InChI=1S/C17H19ClN2O3/c1-11-4-6-12(7-5-11)19-10-17(21)20-14-9-15(22-2)13(18)8-16(14)23-3/h4-9,19H,10H2,1-3H3,(H,20,21). The van der Waals surface area contributed by atoms with Gasteiger partial charge in [0.25, 0.3) is 0 Å². The maximum atomic E-state index is 12.1. The third-order valence-electron chi connectivity index (χ3n) is 3.25. The van der Waals surface area contributed by atoms with Crippen molar-refractivity contribution in [2.45, 2.75) is 6.92 Å². The van der Waals surface area contributed by atoms with E-state index in [-0.39, 0.29) is 12.5 Å². The molecule has 1 amide bonds. The molecule has 0 radical (unpaired) electrons. The number of amides is 1. The van der Waals surface area contributed by atoms with E-state index >= 15 is 0 Å². The topological polar surface area (TPSA) is 59.6 Å². The molecule has 5 nitrogen and oxygen atoms in total. The number of ether oxygens (including phenoxy) is 2. The highest BCUT2D eigenvalue weighted by molar-refractivity contribution is 6.32. The molecule has 0 aliphatic carbocycles. The highest BCUT2D eigenvalue weighted by Gasteiger charge is 2.12. The van der Waals surface area contributed by atoms with Crippen LogP contribution in [0.15, 0.2) is 36.4 Å². The first kappa shape index (κ1) is 17.0. The summed E-state index contributed by atoms with van der Waals surface area (Å²) in [4.78, 5) is 12.1. The predicted molar refractivity (Wildman–Crippen MR) is 92.9 cm³/mol. The van der Waals surface area contributed by atoms with E-state index in [0.29, 0.717) is 22.2 Å². The van der Waals surface area contributed by atoms with Crippen molar-refractivity contribution in [3.63, 3.8) is 0 Å². The van der Waals surface area contributed by atoms with Gasteiger partial charge in [-0.25, -0.2) is 0 Å². The normalized spacial score (nSPS) is 10.1. The monoisotopic (exact) mass is 334 g/mol. The summed E-state index contributed by atoms with van der Waals surface area (Å²) < 4.78 is 10.4. The molecule has 0 spiro atoms. The smallest absolute Gasteiger partial charge is 0.243 e. The van der Waals surface area contributed by atoms with Gasteiger partial charge in [-0.05, 0) is 19.1 Å². The van der Waals surface area contributed by atoms with E-state index in [9.17, 15) is 4.79 Å². The minimum absolute atomic E-state index is 0.136. The molecule has 2 aromatic rings. The van der Waals surface area contributed by atoms with Crippen LogP contribution in [0.2, 0.25) is 5.02 Å². The zero-order valence-electron chi connectivity index (χ0n) is 13.3. The summed E-state index contributed by atoms with van der Waals surface area (Å²) in [5, 5.41) is 6.26. The van der Waals surface area contributed by atoms with Gasteiger partial charge in [0.1, 0.15) is 11.5 Å². The van der Waals surface area contributed by atoms with Crippen molar-refractivity contribution in [3.05, 3.63) is 47.0 Å². The van der Waals surface area contributed by atoms with Crippen LogP contribution in [-0.2, 0) is 4.79 Å². The van der Waals surface area contributed by atoms with Crippen LogP contribution in [0.1, 0.15) is 5.56 Å². The lowest BCUT2D eigenvalue weighted by Gasteiger charge is -2.13. The number of methoxy groups -OCH3 is 2. The summed E-state index contributed by atoms with van der Waals surface area (Å²) in [6.45, 7) is 2.15. The van der Waals surface area contributed by atoms with Gasteiger partial charge in [-0.1, -0.05) is 29.3 Å². The molecule has 0 saturated carbocycles. The van der Waals surface area contributed by atoms with Crippen LogP contribution in [0.5, 0.6) is 11.5 Å². The van der Waals surface area contributed by atoms with Crippen molar-refractivity contribution in [2.24, 2.45) is 0 Å². The lowest BCUT2D eigenvalue weighted by molar-refractivity contribution is -0.114. The molecule has 23 heavy (non-hydrogen) atoms. The van der Waals surface area contributed by atoms with E-state index in [1.807, 2.05) is 31.2 Å². The number of hydrogen-bond acceptors (Lipinski definition) is 4. The van der Waals surface area contributed by atoms with Gasteiger partial charge in [-0.3, -0.25) is 4.79 Å². The number of rotatable bonds is 6. The quantitative estimate of drug-likeness (QED) is 0.845. The lowest BCUT2D eigenvalue weighted by Crippen LogP contribution is -2.22. The first-order valence-corrected chi connectivity index (χ1v) is 7.43. The number of halogens is 1. The Kier molecular flexibility index (Phi) is 5.71. The van der Waals surface area contributed by atoms with Crippen LogP contribution >= 0.6 is 11.6 Å². The van der Waals surface area contributed by atoms with E-state index in [2.05, 4.69) is 10.6 Å². The molecule has 6 heteroatoms. The third kappa shape index (κ3) is 4.53. The zero-order valence-corrected chi connectivity index (χ0v) is 14.0. The minimum Gasteiger partial charge on any atom is -0.495 e. The van der Waals surface area contributed by atoms with Gasteiger partial charge in [-0.15, -0.1) is 0 Å². The minimum atomic E-state index is -0.201. The number of hydrogen-bond donors (Lipinski definition) is 2. The van der Waals surface area contributed by atoms with Crippen LogP contribution in [0.25, 0.3) is 0 Å². The van der Waals surface area contributed by atoms with Crippen LogP contribution in [0.4, 0.5) is 11.4 Å². The molecule has 0 atom stereocenters. The maximum Gasteiger partial charge on any atom is 0.243 e. The second kappa shape index (κ2) is 7.74. The molecule has 0 heterocycles. The van der Waals surface area contributed by atoms with Crippen LogP contribution in [-0.4, -0.2) is 26.7 Å². The fourth-order valence-electron chi connectivity index (χ4n) is 2.01. The number of carbonyl (C=O) groups excluding carboxylic acids is 1. The Morgan fingerprint density at radius 1 is 1.09 bits per heavy atom. The largest absolute Gasteiger partial charge is 0.495 e. The summed E-state index contributed by atoms with van der Waals surface area (Å²) in [6.07, 6.45) is 0. The molecule has 0 saturated heterocycles. The van der Waals surface area contributed by atoms with E-state index < -0.39 is 0 Å². The fraction of sp³-hybridized carbons (Fsp3) is 0.235. The summed E-state index contributed by atoms with van der Waals surface area (Å²) in [6, 6.07) is 11.0. The average molecular weight is 335 g/mol. The van der Waals surface area contributed by atoms with Crippen LogP contribution < -0.4 is 20.1 Å². The first-order valence-electron chi connectivity index (χ1n) is 7.05. The van der Waals surface area contributed by atoms with Crippen molar-refractivity contribution < 1.29 is 14.3 Å². The Morgan fingerprint density at radius 3 is 2.35 bits per heavy atom. The van der Waals surface area contributed by atoms with Crippen molar-refractivity contribution in [2.75, 3.05) is 31.4 Å². The van der Waals surface area contributed by atoms with Gasteiger partial charge >= 0.3 is 0 Å². The van der Waals surface area contributed by atoms with Gasteiger partial charge in [0.05, 0.1) is 31.5 Å². The molecular formula is C17H19ClN2O3. The van der Waals surface area contributed by atoms with E-state index in [0.717, 1.165) is 11.3 Å². The van der Waals surface area contributed by atoms with Crippen molar-refractivity contribution in [1.29, 1.82) is 0 Å². The van der Waals surface area contributed by atoms with Crippen LogP contribution in [0, 0.1) is 6.92 Å². The maximum absolute atomic E-state index is 12.1. The summed E-state index contributed by atoms with van der Waals surface area (Å²) in [7, 11) is 3.02. The Hall–Kier alpha value is -2.40. The number of carbonyl (C=O) groups is 1. The van der Waals surface area contributed by atoms with Gasteiger partial charge < -0.3 is 20.1 Å². The van der Waals surface area contributed by atoms with Crippen molar-refractivity contribution >= 4 is 28.9 Å². The number of nitrogens with one attached hydrogen (secondary N) is 2. The van der Waals surface area contributed by atoms with Gasteiger partial charge in [0, 0.05) is 17.8 Å². The zero-order chi connectivity index (χ0) is 16.8. The number of benzene rings is 2. The second-order valence-corrected chi connectivity index (χ2v) is 5.36. The van der Waals surface area contributed by atoms with E-state index in [4.69, 9.17) is 21.1 Å². The highest BCUT2D eigenvalue weighted by atomic mass is 35.5. The first-order chi connectivity index (χ1) is 11.0. The molecule has 0 aliphatic rings.